The summed E-state index contributed by atoms with van der Waals surface area (Å²) < 4.78 is 5.52. The van der Waals surface area contributed by atoms with Gasteiger partial charge < -0.3 is 10.1 Å². The molecule has 0 aromatic carbocycles. The molecular formula is C13H22N2OS. The number of morpholine rings is 1. The predicted molar refractivity (Wildman–Crippen MR) is 72.7 cm³/mol. The van der Waals surface area contributed by atoms with Gasteiger partial charge in [-0.15, -0.1) is 0 Å². The number of hydrogen-bond donors (Lipinski definition) is 1. The van der Waals surface area contributed by atoms with Crippen molar-refractivity contribution in [2.45, 2.75) is 19.4 Å². The average Bonchev–Trinajstić information content (AvgIpc) is 2.82. The molecule has 1 aliphatic heterocycles. The third-order valence-electron chi connectivity index (χ3n) is 3.10. The lowest BCUT2D eigenvalue weighted by Gasteiger charge is -2.31. The van der Waals surface area contributed by atoms with Crippen LogP contribution in [0.25, 0.3) is 0 Å². The molecule has 0 saturated carbocycles. The normalized spacial score (nSPS) is 21.8. The van der Waals surface area contributed by atoms with Gasteiger partial charge in [0.1, 0.15) is 0 Å². The van der Waals surface area contributed by atoms with Crippen LogP contribution in [0.3, 0.4) is 0 Å². The fourth-order valence-electron chi connectivity index (χ4n) is 2.12. The summed E-state index contributed by atoms with van der Waals surface area (Å²) in [6, 6.07) is 2.20. The topological polar surface area (TPSA) is 24.5 Å². The number of nitrogens with zero attached hydrogens (tertiary/aromatic N) is 1. The highest BCUT2D eigenvalue weighted by Gasteiger charge is 2.15. The van der Waals surface area contributed by atoms with E-state index in [2.05, 4.69) is 34.0 Å². The summed E-state index contributed by atoms with van der Waals surface area (Å²) in [6.07, 6.45) is 1.54. The van der Waals surface area contributed by atoms with Crippen LogP contribution >= 0.6 is 11.3 Å². The Kier molecular flexibility index (Phi) is 5.45. The van der Waals surface area contributed by atoms with Gasteiger partial charge in [0.25, 0.3) is 0 Å². The van der Waals surface area contributed by atoms with Gasteiger partial charge in [-0.3, -0.25) is 4.90 Å². The Labute approximate surface area is 108 Å². The first kappa shape index (κ1) is 13.0. The Morgan fingerprint density at radius 2 is 2.47 bits per heavy atom. The van der Waals surface area contributed by atoms with Crippen LogP contribution in [-0.2, 0) is 11.2 Å². The molecule has 2 heterocycles. The minimum atomic E-state index is 0.398. The summed E-state index contributed by atoms with van der Waals surface area (Å²) in [5.41, 5.74) is 1.45. The SMILES string of the molecule is CC1CN(CCNCCc2ccsc2)CCO1. The van der Waals surface area contributed by atoms with Crippen molar-refractivity contribution in [2.75, 3.05) is 39.3 Å². The molecule has 0 radical (unpaired) electrons. The zero-order chi connectivity index (χ0) is 11.9. The second-order valence-corrected chi connectivity index (χ2v) is 5.39. The van der Waals surface area contributed by atoms with Gasteiger partial charge in [0.2, 0.25) is 0 Å². The fourth-order valence-corrected chi connectivity index (χ4v) is 2.83. The first-order valence-corrected chi connectivity index (χ1v) is 7.34. The Morgan fingerprint density at radius 3 is 3.24 bits per heavy atom. The maximum atomic E-state index is 5.52. The number of hydrogen-bond acceptors (Lipinski definition) is 4. The molecule has 0 spiro atoms. The van der Waals surface area contributed by atoms with Crippen LogP contribution < -0.4 is 5.32 Å². The van der Waals surface area contributed by atoms with E-state index in [1.165, 1.54) is 5.56 Å². The molecule has 0 aliphatic carbocycles. The molecule has 1 saturated heterocycles. The van der Waals surface area contributed by atoms with Crippen molar-refractivity contribution in [3.8, 4) is 0 Å². The highest BCUT2D eigenvalue weighted by Crippen LogP contribution is 2.05. The van der Waals surface area contributed by atoms with Crippen molar-refractivity contribution in [3.05, 3.63) is 22.4 Å². The van der Waals surface area contributed by atoms with E-state index in [-0.39, 0.29) is 0 Å². The minimum Gasteiger partial charge on any atom is -0.376 e. The molecule has 1 aromatic rings. The molecule has 1 aromatic heterocycles. The molecule has 96 valence electrons. The molecule has 1 aliphatic rings. The van der Waals surface area contributed by atoms with Crippen LogP contribution in [0.4, 0.5) is 0 Å². The van der Waals surface area contributed by atoms with Gasteiger partial charge in [0.05, 0.1) is 12.7 Å². The first-order chi connectivity index (χ1) is 8.34. The number of thiophene rings is 1. The van der Waals surface area contributed by atoms with Gasteiger partial charge in [0, 0.05) is 26.2 Å². The molecule has 1 unspecified atom stereocenters. The fraction of sp³-hybridized carbons (Fsp3) is 0.692. The van der Waals surface area contributed by atoms with E-state index >= 15 is 0 Å². The van der Waals surface area contributed by atoms with Crippen molar-refractivity contribution in [1.82, 2.24) is 10.2 Å². The summed E-state index contributed by atoms with van der Waals surface area (Å²) in [6.45, 7) is 8.49. The Hall–Kier alpha value is -0.420. The summed E-state index contributed by atoms with van der Waals surface area (Å²) in [4.78, 5) is 2.48. The third kappa shape index (κ3) is 4.76. The molecule has 3 nitrogen and oxygen atoms in total. The quantitative estimate of drug-likeness (QED) is 0.781. The van der Waals surface area contributed by atoms with Crippen LogP contribution in [0.15, 0.2) is 16.8 Å². The maximum Gasteiger partial charge on any atom is 0.0674 e. The average molecular weight is 254 g/mol. The van der Waals surface area contributed by atoms with Crippen LogP contribution in [0.5, 0.6) is 0 Å². The van der Waals surface area contributed by atoms with E-state index in [0.717, 1.165) is 45.8 Å². The molecule has 17 heavy (non-hydrogen) atoms. The van der Waals surface area contributed by atoms with Crippen molar-refractivity contribution >= 4 is 11.3 Å². The number of ether oxygens (including phenoxy) is 1. The Balaban J connectivity index is 1.51. The number of nitrogens with one attached hydrogen (secondary N) is 1. The largest absolute Gasteiger partial charge is 0.376 e. The highest BCUT2D eigenvalue weighted by molar-refractivity contribution is 7.07. The maximum absolute atomic E-state index is 5.52. The summed E-state index contributed by atoms with van der Waals surface area (Å²) >= 11 is 1.78. The zero-order valence-electron chi connectivity index (χ0n) is 10.5. The van der Waals surface area contributed by atoms with E-state index in [1.54, 1.807) is 11.3 Å². The molecule has 1 atom stereocenters. The monoisotopic (exact) mass is 254 g/mol. The van der Waals surface area contributed by atoms with Crippen molar-refractivity contribution < 1.29 is 4.74 Å². The summed E-state index contributed by atoms with van der Waals surface area (Å²) in [7, 11) is 0. The smallest absolute Gasteiger partial charge is 0.0674 e. The van der Waals surface area contributed by atoms with E-state index in [4.69, 9.17) is 4.74 Å². The minimum absolute atomic E-state index is 0.398. The lowest BCUT2D eigenvalue weighted by atomic mass is 10.2. The van der Waals surface area contributed by atoms with Gasteiger partial charge in [-0.2, -0.15) is 11.3 Å². The van der Waals surface area contributed by atoms with Gasteiger partial charge in [-0.25, -0.2) is 0 Å². The zero-order valence-corrected chi connectivity index (χ0v) is 11.3. The lowest BCUT2D eigenvalue weighted by molar-refractivity contribution is -0.0176. The summed E-state index contributed by atoms with van der Waals surface area (Å²) in [5, 5.41) is 7.88. The molecule has 1 fully saturated rings. The van der Waals surface area contributed by atoms with Gasteiger partial charge in [0.15, 0.2) is 0 Å². The second kappa shape index (κ2) is 7.11. The molecule has 0 bridgehead atoms. The predicted octanol–water partition coefficient (Wildman–Crippen LogP) is 1.60. The Morgan fingerprint density at radius 1 is 1.53 bits per heavy atom. The van der Waals surface area contributed by atoms with Gasteiger partial charge in [-0.1, -0.05) is 0 Å². The summed E-state index contributed by atoms with van der Waals surface area (Å²) in [5.74, 6) is 0. The second-order valence-electron chi connectivity index (χ2n) is 4.61. The van der Waals surface area contributed by atoms with Crippen LogP contribution in [0, 0.1) is 0 Å². The molecule has 4 heteroatoms. The molecule has 2 rings (SSSR count). The molecule has 1 N–H and O–H groups in total. The van der Waals surface area contributed by atoms with Crippen LogP contribution in [0.1, 0.15) is 12.5 Å². The van der Waals surface area contributed by atoms with Crippen molar-refractivity contribution in [2.24, 2.45) is 0 Å². The first-order valence-electron chi connectivity index (χ1n) is 6.40. The van der Waals surface area contributed by atoms with E-state index in [1.807, 2.05) is 0 Å². The standard InChI is InChI=1S/C13H22N2OS/c1-12-10-15(7-8-16-12)6-5-14-4-2-13-3-9-17-11-13/h3,9,11-12,14H,2,4-8,10H2,1H3. The molecule has 0 amide bonds. The highest BCUT2D eigenvalue weighted by atomic mass is 32.1. The third-order valence-corrected chi connectivity index (χ3v) is 3.83. The lowest BCUT2D eigenvalue weighted by Crippen LogP contribution is -2.44. The van der Waals surface area contributed by atoms with Gasteiger partial charge >= 0.3 is 0 Å². The Bertz CT molecular complexity index is 302. The number of rotatable bonds is 6. The van der Waals surface area contributed by atoms with Crippen molar-refractivity contribution in [3.63, 3.8) is 0 Å². The van der Waals surface area contributed by atoms with Crippen molar-refractivity contribution in [1.29, 1.82) is 0 Å². The van der Waals surface area contributed by atoms with E-state index in [9.17, 15) is 0 Å². The van der Waals surface area contributed by atoms with Crippen LogP contribution in [0.2, 0.25) is 0 Å². The molecular weight excluding hydrogens is 232 g/mol. The van der Waals surface area contributed by atoms with Gasteiger partial charge in [-0.05, 0) is 42.3 Å². The van der Waals surface area contributed by atoms with E-state index in [0.29, 0.717) is 6.10 Å². The van der Waals surface area contributed by atoms with Crippen LogP contribution in [-0.4, -0.2) is 50.3 Å². The van der Waals surface area contributed by atoms with E-state index < -0.39 is 0 Å².